The summed E-state index contributed by atoms with van der Waals surface area (Å²) in [5.41, 5.74) is 2.56. The monoisotopic (exact) mass is 524 g/mol. The molecule has 2 amide bonds. The van der Waals surface area contributed by atoms with Gasteiger partial charge in [-0.1, -0.05) is 28.1 Å². The molecule has 2 N–H and O–H groups in total. The van der Waals surface area contributed by atoms with Gasteiger partial charge in [0.25, 0.3) is 5.91 Å². The number of nitriles is 1. The van der Waals surface area contributed by atoms with Gasteiger partial charge in [-0.05, 0) is 48.9 Å². The molecule has 0 radical (unpaired) electrons. The number of fused-ring (bicyclic) bond motifs is 1. The number of aryl methyl sites for hydroxylation is 1. The summed E-state index contributed by atoms with van der Waals surface area (Å²) < 4.78 is 2.49. The fourth-order valence-electron chi connectivity index (χ4n) is 3.75. The molecule has 1 unspecified atom stereocenters. The second-order valence-corrected chi connectivity index (χ2v) is 9.40. The summed E-state index contributed by atoms with van der Waals surface area (Å²) in [4.78, 5) is 29.7. The lowest BCUT2D eigenvalue weighted by molar-refractivity contribution is -0.113. The zero-order valence-electron chi connectivity index (χ0n) is 17.8. The van der Waals surface area contributed by atoms with E-state index in [4.69, 9.17) is 5.26 Å². The Morgan fingerprint density at radius 3 is 2.94 bits per heavy atom. The van der Waals surface area contributed by atoms with Gasteiger partial charge in [-0.2, -0.15) is 26.8 Å². The van der Waals surface area contributed by atoms with Crippen LogP contribution >= 0.6 is 27.7 Å². The number of anilines is 1. The third-order valence-electron chi connectivity index (χ3n) is 5.26. The average molecular weight is 525 g/mol. The quantitative estimate of drug-likeness (QED) is 0.489. The molecule has 168 valence electrons. The number of amides is 2. The minimum Gasteiger partial charge on any atom is -0.349 e. The maximum absolute atomic E-state index is 13.1. The fourth-order valence-corrected chi connectivity index (χ4v) is 4.53. The van der Waals surface area contributed by atoms with Gasteiger partial charge in [0.2, 0.25) is 5.91 Å². The number of nitrogens with zero attached hydrogens (tertiary/aromatic N) is 4. The van der Waals surface area contributed by atoms with Gasteiger partial charge in [0, 0.05) is 23.1 Å². The standard InChI is InChI=1S/C23H21BrN6O2S/c1-33-13-20(31)28-22-21-18(29-30(22)19-8-6-15(11-25)12-26-19)10-17(27-23(21)32)7-5-14-3-2-4-16(24)9-14/h2-4,6,8-9,12,17H,5,7,10,13H2,1H3,(H,27,32)(H,28,31). The van der Waals surface area contributed by atoms with Gasteiger partial charge in [-0.25, -0.2) is 4.98 Å². The first-order valence-electron chi connectivity index (χ1n) is 10.3. The lowest BCUT2D eigenvalue weighted by atomic mass is 9.96. The van der Waals surface area contributed by atoms with Gasteiger partial charge in [-0.3, -0.25) is 9.59 Å². The highest BCUT2D eigenvalue weighted by Gasteiger charge is 2.33. The number of halogens is 1. The van der Waals surface area contributed by atoms with Crippen molar-refractivity contribution in [3.05, 3.63) is 69.5 Å². The van der Waals surface area contributed by atoms with E-state index in [0.29, 0.717) is 34.9 Å². The minimum absolute atomic E-state index is 0.0731. The van der Waals surface area contributed by atoms with Gasteiger partial charge in [0.05, 0.1) is 17.0 Å². The normalized spacial score (nSPS) is 14.8. The molecule has 3 heterocycles. The lowest BCUT2D eigenvalue weighted by Gasteiger charge is -2.23. The molecule has 2 aromatic heterocycles. The van der Waals surface area contributed by atoms with Crippen molar-refractivity contribution in [2.24, 2.45) is 0 Å². The predicted octanol–water partition coefficient (Wildman–Crippen LogP) is 3.49. The first-order valence-corrected chi connectivity index (χ1v) is 12.5. The molecule has 10 heteroatoms. The number of hydrogen-bond acceptors (Lipinski definition) is 6. The number of aromatic nitrogens is 3. The van der Waals surface area contributed by atoms with Crippen LogP contribution in [0.4, 0.5) is 5.82 Å². The molecular formula is C23H21BrN6O2S. The van der Waals surface area contributed by atoms with E-state index in [1.807, 2.05) is 24.5 Å². The van der Waals surface area contributed by atoms with E-state index in [1.54, 1.807) is 12.1 Å². The number of carbonyl (C=O) groups excluding carboxylic acids is 2. The van der Waals surface area contributed by atoms with Crippen molar-refractivity contribution in [1.29, 1.82) is 5.26 Å². The number of thioether (sulfide) groups is 1. The maximum atomic E-state index is 13.1. The van der Waals surface area contributed by atoms with E-state index in [9.17, 15) is 9.59 Å². The van der Waals surface area contributed by atoms with E-state index in [2.05, 4.69) is 48.8 Å². The summed E-state index contributed by atoms with van der Waals surface area (Å²) in [5.74, 6) is 0.461. The zero-order chi connectivity index (χ0) is 23.4. The largest absolute Gasteiger partial charge is 0.349 e. The zero-order valence-corrected chi connectivity index (χ0v) is 20.2. The van der Waals surface area contributed by atoms with Crippen molar-refractivity contribution in [2.45, 2.75) is 25.3 Å². The molecule has 1 aromatic carbocycles. The van der Waals surface area contributed by atoms with E-state index >= 15 is 0 Å². The third-order valence-corrected chi connectivity index (χ3v) is 6.30. The van der Waals surface area contributed by atoms with Crippen molar-refractivity contribution < 1.29 is 9.59 Å². The van der Waals surface area contributed by atoms with Gasteiger partial charge >= 0.3 is 0 Å². The van der Waals surface area contributed by atoms with Crippen LogP contribution in [0.5, 0.6) is 0 Å². The number of benzene rings is 1. The van der Waals surface area contributed by atoms with Crippen molar-refractivity contribution in [3.63, 3.8) is 0 Å². The van der Waals surface area contributed by atoms with E-state index in [1.165, 1.54) is 28.2 Å². The number of nitrogens with one attached hydrogen (secondary N) is 2. The summed E-state index contributed by atoms with van der Waals surface area (Å²) in [6, 6.07) is 13.3. The SMILES string of the molecule is CSCC(=O)Nc1c2c(nn1-c1ccc(C#N)cn1)CC(CCc1cccc(Br)c1)NC2=O. The highest BCUT2D eigenvalue weighted by atomic mass is 79.9. The molecule has 0 saturated heterocycles. The summed E-state index contributed by atoms with van der Waals surface area (Å²) in [6.07, 6.45) is 5.39. The molecule has 3 aromatic rings. The Hall–Kier alpha value is -3.16. The topological polar surface area (TPSA) is 113 Å². The Morgan fingerprint density at radius 1 is 1.39 bits per heavy atom. The first kappa shape index (κ1) is 23.0. The second kappa shape index (κ2) is 10.2. The molecule has 0 bridgehead atoms. The maximum Gasteiger partial charge on any atom is 0.257 e. The number of hydrogen-bond donors (Lipinski definition) is 2. The Bertz CT molecular complexity index is 1230. The van der Waals surface area contributed by atoms with E-state index < -0.39 is 0 Å². The second-order valence-electron chi connectivity index (χ2n) is 7.62. The van der Waals surface area contributed by atoms with Gasteiger partial charge < -0.3 is 10.6 Å². The molecule has 1 atom stereocenters. The van der Waals surface area contributed by atoms with Crippen LogP contribution in [0.25, 0.3) is 5.82 Å². The third kappa shape index (κ3) is 5.26. The van der Waals surface area contributed by atoms with E-state index in [0.717, 1.165) is 17.3 Å². The highest BCUT2D eigenvalue weighted by molar-refractivity contribution is 9.10. The molecule has 0 saturated carbocycles. The molecular weight excluding hydrogens is 504 g/mol. The molecule has 1 aliphatic rings. The van der Waals surface area contributed by atoms with E-state index in [-0.39, 0.29) is 23.6 Å². The predicted molar refractivity (Wildman–Crippen MR) is 131 cm³/mol. The Labute approximate surface area is 203 Å². The smallest absolute Gasteiger partial charge is 0.257 e. The molecule has 33 heavy (non-hydrogen) atoms. The Kier molecular flexibility index (Phi) is 7.11. The van der Waals surface area contributed by atoms with Gasteiger partial charge in [0.1, 0.15) is 11.6 Å². The lowest BCUT2D eigenvalue weighted by Crippen LogP contribution is -2.41. The van der Waals surface area contributed by atoms with Crippen LogP contribution in [0.3, 0.4) is 0 Å². The van der Waals surface area contributed by atoms with Crippen LogP contribution in [-0.4, -0.2) is 44.6 Å². The number of pyridine rings is 1. The summed E-state index contributed by atoms with van der Waals surface area (Å²) in [7, 11) is 0. The molecule has 1 aliphatic heterocycles. The summed E-state index contributed by atoms with van der Waals surface area (Å²) in [6.45, 7) is 0. The van der Waals surface area contributed by atoms with Gasteiger partial charge in [0.15, 0.2) is 11.6 Å². The number of rotatable bonds is 7. The molecule has 0 spiro atoms. The van der Waals surface area contributed by atoms with Crippen molar-refractivity contribution in [2.75, 3.05) is 17.3 Å². The minimum atomic E-state index is -0.269. The van der Waals surface area contributed by atoms with Crippen LogP contribution in [0.15, 0.2) is 47.1 Å². The molecule has 0 aliphatic carbocycles. The van der Waals surface area contributed by atoms with Crippen molar-refractivity contribution in [3.8, 4) is 11.9 Å². The highest BCUT2D eigenvalue weighted by Crippen LogP contribution is 2.28. The Balaban J connectivity index is 1.63. The summed E-state index contributed by atoms with van der Waals surface area (Å²) in [5, 5.41) is 19.6. The average Bonchev–Trinajstić information content (AvgIpc) is 3.16. The molecule has 0 fully saturated rings. The number of carbonyl (C=O) groups is 2. The summed E-state index contributed by atoms with van der Waals surface area (Å²) >= 11 is 4.87. The van der Waals surface area contributed by atoms with Crippen LogP contribution in [-0.2, 0) is 17.6 Å². The fraction of sp³-hybridized carbons (Fsp3) is 0.261. The van der Waals surface area contributed by atoms with Crippen LogP contribution in [0.2, 0.25) is 0 Å². The van der Waals surface area contributed by atoms with Crippen molar-refractivity contribution >= 4 is 45.3 Å². The van der Waals surface area contributed by atoms with Crippen molar-refractivity contribution in [1.82, 2.24) is 20.1 Å². The molecule has 8 nitrogen and oxygen atoms in total. The van der Waals surface area contributed by atoms with Crippen LogP contribution < -0.4 is 10.6 Å². The Morgan fingerprint density at radius 2 is 2.24 bits per heavy atom. The van der Waals surface area contributed by atoms with Crippen LogP contribution in [0.1, 0.15) is 33.6 Å². The first-order chi connectivity index (χ1) is 16.0. The van der Waals surface area contributed by atoms with Gasteiger partial charge in [-0.15, -0.1) is 0 Å². The van der Waals surface area contributed by atoms with Crippen LogP contribution in [0, 0.1) is 11.3 Å². The molecule has 4 rings (SSSR count).